The Hall–Kier alpha value is -1.99. The van der Waals surface area contributed by atoms with Crippen LogP contribution in [0.3, 0.4) is 0 Å². The van der Waals surface area contributed by atoms with Gasteiger partial charge in [0, 0.05) is 0 Å². The lowest BCUT2D eigenvalue weighted by atomic mass is 10.2. The van der Waals surface area contributed by atoms with Gasteiger partial charge in [0.05, 0.1) is 12.8 Å². The molecule has 0 spiro atoms. The molecule has 0 fully saturated rings. The maximum atomic E-state index is 12.1. The molecule has 2 amide bonds. The van der Waals surface area contributed by atoms with Crippen molar-refractivity contribution in [3.05, 3.63) is 11.3 Å². The molecule has 0 radical (unpaired) electrons. The molecule has 0 unspecified atom stereocenters. The van der Waals surface area contributed by atoms with Gasteiger partial charge in [-0.15, -0.1) is 0 Å². The number of aliphatic hydroxyl groups is 1. The van der Waals surface area contributed by atoms with E-state index in [1.54, 1.807) is 0 Å². The second kappa shape index (κ2) is 6.49. The molecule has 16 heavy (non-hydrogen) atoms. The third-order valence-corrected chi connectivity index (χ3v) is 1.30. The first-order chi connectivity index (χ1) is 7.40. The summed E-state index contributed by atoms with van der Waals surface area (Å²) < 4.78 is 28.6. The molecule has 0 atom stereocenters. The number of carbonyl (C=O) groups is 2. The smallest absolute Gasteiger partial charge is 0.343 e. The zero-order valence-electron chi connectivity index (χ0n) is 8.31. The van der Waals surface area contributed by atoms with Crippen LogP contribution < -0.4 is 5.73 Å². The minimum Gasteiger partial charge on any atom is -0.506 e. The number of nitrogens with two attached hydrogens (primary N) is 1. The molecule has 3 N–H and O–H groups in total. The van der Waals surface area contributed by atoms with E-state index < -0.39 is 29.8 Å². The number of ether oxygens (including phenoxy) is 1. The summed E-state index contributed by atoms with van der Waals surface area (Å²) in [4.78, 5) is 24.2. The summed E-state index contributed by atoms with van der Waals surface area (Å²) in [7, 11) is 0. The number of rotatable bonds is 4. The molecule has 0 aromatic carbocycles. The summed E-state index contributed by atoms with van der Waals surface area (Å²) >= 11 is 0. The maximum absolute atomic E-state index is 12.1. The Balaban J connectivity index is 5.13. The van der Waals surface area contributed by atoms with Gasteiger partial charge in [-0.3, -0.25) is 0 Å². The molecule has 0 rings (SSSR count). The number of alkyl halides is 2. The quantitative estimate of drug-likeness (QED) is 0.326. The van der Waals surface area contributed by atoms with Crippen molar-refractivity contribution >= 4 is 18.2 Å². The monoisotopic (exact) mass is 236 g/mol. The van der Waals surface area contributed by atoms with E-state index in [9.17, 15) is 18.4 Å². The van der Waals surface area contributed by atoms with Crippen molar-refractivity contribution in [1.29, 1.82) is 0 Å². The van der Waals surface area contributed by atoms with E-state index in [0.717, 1.165) is 0 Å². The van der Waals surface area contributed by atoms with Gasteiger partial charge in [0.2, 0.25) is 0 Å². The largest absolute Gasteiger partial charge is 0.506 e. The van der Waals surface area contributed by atoms with Gasteiger partial charge in [-0.2, -0.15) is 0 Å². The number of urea groups is 1. The van der Waals surface area contributed by atoms with Crippen molar-refractivity contribution in [3.8, 4) is 0 Å². The zero-order chi connectivity index (χ0) is 12.7. The Morgan fingerprint density at radius 2 is 2.12 bits per heavy atom. The van der Waals surface area contributed by atoms with Crippen LogP contribution in [-0.2, 0) is 9.53 Å². The molecule has 6 nitrogen and oxygen atoms in total. The topological polar surface area (TPSA) is 102 Å². The van der Waals surface area contributed by atoms with Gasteiger partial charge in [-0.25, -0.2) is 23.4 Å². The van der Waals surface area contributed by atoms with Crippen molar-refractivity contribution in [2.75, 3.05) is 6.61 Å². The van der Waals surface area contributed by atoms with E-state index in [-0.39, 0.29) is 6.61 Å². The van der Waals surface area contributed by atoms with Crippen LogP contribution in [0.15, 0.2) is 16.3 Å². The fraction of sp³-hybridized carbons (Fsp3) is 0.375. The molecule has 0 aliphatic carbocycles. The van der Waals surface area contributed by atoms with Crippen molar-refractivity contribution in [2.24, 2.45) is 10.7 Å². The molecule has 0 saturated heterocycles. The summed E-state index contributed by atoms with van der Waals surface area (Å²) in [5.74, 6) is -2.74. The van der Waals surface area contributed by atoms with Crippen molar-refractivity contribution < 1.29 is 28.2 Å². The van der Waals surface area contributed by atoms with Crippen LogP contribution in [0.2, 0.25) is 0 Å². The highest BCUT2D eigenvalue weighted by Crippen LogP contribution is 2.11. The standard InChI is InChI=1S/C8H10F2N2O4/c1-2-16-7(14)4(3-12-8(11)15)5(13)6(9)10/h3,6,13H,2H2,1H3,(H2,11,15)/b5-4+,12-3+. The first kappa shape index (κ1) is 14.0. The predicted octanol–water partition coefficient (Wildman–Crippen LogP) is 0.776. The van der Waals surface area contributed by atoms with Crippen molar-refractivity contribution in [3.63, 3.8) is 0 Å². The van der Waals surface area contributed by atoms with Gasteiger partial charge in [-0.05, 0) is 6.92 Å². The lowest BCUT2D eigenvalue weighted by Crippen LogP contribution is -2.16. The third kappa shape index (κ3) is 4.49. The Morgan fingerprint density at radius 1 is 1.56 bits per heavy atom. The van der Waals surface area contributed by atoms with Gasteiger partial charge in [-0.1, -0.05) is 0 Å². The number of primary amides is 1. The van der Waals surface area contributed by atoms with Crippen LogP contribution in [0.1, 0.15) is 6.92 Å². The Labute approximate surface area is 89.4 Å². The highest BCUT2D eigenvalue weighted by atomic mass is 19.3. The van der Waals surface area contributed by atoms with Gasteiger partial charge in [0.25, 0.3) is 6.43 Å². The number of esters is 1. The van der Waals surface area contributed by atoms with Gasteiger partial charge in [0.1, 0.15) is 5.57 Å². The van der Waals surface area contributed by atoms with Gasteiger partial charge < -0.3 is 15.6 Å². The molecule has 0 heterocycles. The fourth-order valence-corrected chi connectivity index (χ4v) is 0.678. The molecule has 0 saturated carbocycles. The lowest BCUT2D eigenvalue weighted by Gasteiger charge is -2.04. The van der Waals surface area contributed by atoms with E-state index in [4.69, 9.17) is 5.11 Å². The summed E-state index contributed by atoms with van der Waals surface area (Å²) in [6.07, 6.45) is -2.85. The number of hydrogen-bond donors (Lipinski definition) is 2. The van der Waals surface area contributed by atoms with Crippen LogP contribution in [-0.4, -0.2) is 36.4 Å². The summed E-state index contributed by atoms with van der Waals surface area (Å²) in [5, 5.41) is 8.88. The third-order valence-electron chi connectivity index (χ3n) is 1.30. The van der Waals surface area contributed by atoms with Crippen LogP contribution in [0, 0.1) is 0 Å². The Morgan fingerprint density at radius 3 is 2.50 bits per heavy atom. The first-order valence-corrected chi connectivity index (χ1v) is 4.12. The molecule has 0 aromatic heterocycles. The number of amides is 2. The normalized spacial score (nSPS) is 12.8. The minimum atomic E-state index is -3.28. The van der Waals surface area contributed by atoms with Gasteiger partial charge in [0.15, 0.2) is 5.76 Å². The molecular formula is C8H10F2N2O4. The van der Waals surface area contributed by atoms with E-state index in [1.807, 2.05) is 0 Å². The van der Waals surface area contributed by atoms with Crippen LogP contribution in [0.25, 0.3) is 0 Å². The number of allylic oxidation sites excluding steroid dienone is 1. The second-order valence-electron chi connectivity index (χ2n) is 2.42. The number of aliphatic hydroxyl groups excluding tert-OH is 1. The molecule has 8 heteroatoms. The van der Waals surface area contributed by atoms with Crippen molar-refractivity contribution in [1.82, 2.24) is 0 Å². The highest BCUT2D eigenvalue weighted by molar-refractivity contribution is 6.11. The van der Waals surface area contributed by atoms with E-state index in [2.05, 4.69) is 15.5 Å². The molecule has 0 aromatic rings. The number of carbonyl (C=O) groups excluding carboxylic acids is 2. The van der Waals surface area contributed by atoms with Crippen LogP contribution >= 0.6 is 0 Å². The molecule has 0 aliphatic heterocycles. The molecular weight excluding hydrogens is 226 g/mol. The van der Waals surface area contributed by atoms with Crippen molar-refractivity contribution in [2.45, 2.75) is 13.3 Å². The summed E-state index contributed by atoms with van der Waals surface area (Å²) in [5.41, 5.74) is 3.70. The fourth-order valence-electron chi connectivity index (χ4n) is 0.678. The van der Waals surface area contributed by atoms with Crippen LogP contribution in [0.5, 0.6) is 0 Å². The number of hydrogen-bond acceptors (Lipinski definition) is 4. The summed E-state index contributed by atoms with van der Waals surface area (Å²) in [6.45, 7) is 1.36. The lowest BCUT2D eigenvalue weighted by molar-refractivity contribution is -0.138. The second-order valence-corrected chi connectivity index (χ2v) is 2.42. The summed E-state index contributed by atoms with van der Waals surface area (Å²) in [6, 6.07) is -1.19. The van der Waals surface area contributed by atoms with E-state index >= 15 is 0 Å². The van der Waals surface area contributed by atoms with Gasteiger partial charge >= 0.3 is 12.0 Å². The molecule has 0 bridgehead atoms. The number of nitrogens with zero attached hydrogens (tertiary/aromatic N) is 1. The highest BCUT2D eigenvalue weighted by Gasteiger charge is 2.21. The molecule has 90 valence electrons. The minimum absolute atomic E-state index is 0.0801. The first-order valence-electron chi connectivity index (χ1n) is 4.12. The van der Waals surface area contributed by atoms with Crippen LogP contribution in [0.4, 0.5) is 13.6 Å². The average Bonchev–Trinajstić information content (AvgIpc) is 2.17. The zero-order valence-corrected chi connectivity index (χ0v) is 8.31. The Kier molecular flexibility index (Phi) is 5.68. The number of halogens is 2. The number of aliphatic imine (C=N–C) groups is 1. The Bertz CT molecular complexity index is 339. The average molecular weight is 236 g/mol. The van der Waals surface area contributed by atoms with E-state index in [1.165, 1.54) is 6.92 Å². The van der Waals surface area contributed by atoms with E-state index in [0.29, 0.717) is 6.21 Å². The predicted molar refractivity (Wildman–Crippen MR) is 50.4 cm³/mol. The molecule has 0 aliphatic rings. The maximum Gasteiger partial charge on any atom is 0.343 e. The SMILES string of the molecule is CCOC(=O)C(/C=N/C(N)=O)=C(/O)C(F)F.